The van der Waals surface area contributed by atoms with E-state index < -0.39 is 23.3 Å². The molecular weight excluding hydrogens is 1700 g/mol. The third kappa shape index (κ3) is 31.7. The fourth-order valence-corrected chi connectivity index (χ4v) is 20.3. The van der Waals surface area contributed by atoms with Crippen LogP contribution in [0.4, 0.5) is 4.79 Å². The SMILES string of the molecule is CC[C@@H](CC[C@@H]1[C@H]2Cc3cccc(OCC(=O)O)c3C[C@H]2C[C@H]1O)OC(=O)COC.CC[C@@H](CC[C@@H]1[C@H]2Cc3cccc(OCC(=O)OCc4ccccc4)c3C[C@H]2C[C@H]1OC(=O)OCc1ccccc1)OC(=O)COC.CC[C@@H](CC[C@H]1[C@H](CC(=O)OCc2ccccc2)C[C@@H]2Cc3c(cccc3OCC(=O)OCc3ccccc3)C[C@@H]21)OC1CCCCO1.COCC(=O)Cl. The van der Waals surface area contributed by atoms with Crippen molar-refractivity contribution in [2.24, 2.45) is 59.2 Å². The van der Waals surface area contributed by atoms with Gasteiger partial charge in [0.05, 0.1) is 12.2 Å². The van der Waals surface area contributed by atoms with Crippen molar-refractivity contribution in [2.45, 2.75) is 225 Å². The number of rotatable bonds is 42. The average Bonchev–Trinajstić information content (AvgIpc) is 1.63. The first-order chi connectivity index (χ1) is 63.7. The summed E-state index contributed by atoms with van der Waals surface area (Å²) in [5.41, 5.74) is 10.7. The van der Waals surface area contributed by atoms with E-state index in [1.807, 2.05) is 172 Å². The standard InChI is InChI=1S/C41H50O7.C38H44O9.C23H32O7.C3H5ClO2/c1-2-34(48-41-18-9-10-21-44-41)19-20-35-33(25-39(42)46-26-29-12-5-3-6-13-29)22-32-24-37-31(23-36(32)35)16-11-17-38(37)45-28-40(43)47-27-30-14-7-4-8-15-30;1-3-30(46-37(40)24-42-2)17-18-31-32-19-28-15-10-16-34(43-25-36(39)44-22-26-11-6-4-7-12-26)33(28)20-29(32)21-35(31)47-38(41)45-23-27-13-8-5-9-14-27;1-3-16(30-23(27)13-28-2)7-8-17-18-9-14-5-4-6-21(29-12-22(25)26)19(14)10-15(18)11-20(17)24;1-6-2-3(4)5/h3-8,11-17,32-36,41H,2,9-10,18-28H2,1H3;4-16,29-32,35H,3,17-25H2,1-2H3;4-6,15-18,20,24H,3,7-13H2,1-2H3,(H,25,26);2H2,1H3/t32-,33+,34+,35+,36+,41?;29-,30-,31+,32-,35+;15-,16-,17+,18-,20+;/m100./s1. The number of hydrogen-bond acceptors (Lipinski definition) is 24. The van der Waals surface area contributed by atoms with Crippen molar-refractivity contribution >= 4 is 58.8 Å². The van der Waals surface area contributed by atoms with Gasteiger partial charge in [0, 0.05) is 34.4 Å². The third-order valence-corrected chi connectivity index (χ3v) is 26.6. The number of esters is 5. The van der Waals surface area contributed by atoms with E-state index in [1.165, 1.54) is 38.0 Å². The second-order valence-corrected chi connectivity index (χ2v) is 35.6. The van der Waals surface area contributed by atoms with Gasteiger partial charge in [0.25, 0.3) is 0 Å². The Balaban J connectivity index is 0.000000188. The van der Waals surface area contributed by atoms with Crippen molar-refractivity contribution in [3.05, 3.63) is 232 Å². The number of fused-ring (bicyclic) bond motifs is 6. The molecular formula is C105H131ClO25. The Morgan fingerprint density at radius 3 is 1.25 bits per heavy atom. The van der Waals surface area contributed by atoms with E-state index in [9.17, 15) is 43.5 Å². The highest BCUT2D eigenvalue weighted by Gasteiger charge is 2.50. The van der Waals surface area contributed by atoms with Crippen LogP contribution in [0.5, 0.6) is 17.2 Å². The summed E-state index contributed by atoms with van der Waals surface area (Å²) in [6, 6.07) is 56.5. The first kappa shape index (κ1) is 101. The fraction of sp³-hybridized carbons (Fsp3) is 0.524. The Morgan fingerprint density at radius 1 is 0.420 bits per heavy atom. The average molecular weight is 1830 g/mol. The van der Waals surface area contributed by atoms with Gasteiger partial charge in [-0.05, 0) is 279 Å². The van der Waals surface area contributed by atoms with Crippen LogP contribution in [-0.2, 0) is 155 Å². The highest BCUT2D eigenvalue weighted by Crippen LogP contribution is 2.54. The number of ether oxygens (including phenoxy) is 15. The molecule has 0 spiro atoms. The molecule has 0 aromatic heterocycles. The zero-order valence-corrected chi connectivity index (χ0v) is 77.2. The van der Waals surface area contributed by atoms with Crippen LogP contribution < -0.4 is 14.2 Å². The monoisotopic (exact) mass is 1830 g/mol. The molecule has 0 bridgehead atoms. The van der Waals surface area contributed by atoms with E-state index in [2.05, 4.69) is 29.9 Å². The molecule has 6 aliphatic carbocycles. The quantitative estimate of drug-likeness (QED) is 0.0204. The largest absolute Gasteiger partial charge is 0.508 e. The van der Waals surface area contributed by atoms with Crippen molar-refractivity contribution in [1.82, 2.24) is 0 Å². The van der Waals surface area contributed by atoms with Crippen molar-refractivity contribution in [2.75, 3.05) is 67.6 Å². The predicted octanol–water partition coefficient (Wildman–Crippen LogP) is 17.6. The number of aliphatic carboxylic acids is 1. The summed E-state index contributed by atoms with van der Waals surface area (Å²) < 4.78 is 83.3. The number of carbonyl (C=O) groups excluding carboxylic acids is 7. The summed E-state index contributed by atoms with van der Waals surface area (Å²) >= 11 is 4.81. The number of aliphatic hydroxyl groups is 1. The molecule has 131 heavy (non-hydrogen) atoms. The molecule has 25 nitrogen and oxygen atoms in total. The van der Waals surface area contributed by atoms with E-state index >= 15 is 0 Å². The van der Waals surface area contributed by atoms with Gasteiger partial charge in [0.1, 0.15) is 81.8 Å². The second kappa shape index (κ2) is 53.4. The van der Waals surface area contributed by atoms with Gasteiger partial charge < -0.3 is 81.3 Å². The Kier molecular flexibility index (Phi) is 41.3. The van der Waals surface area contributed by atoms with Gasteiger partial charge in [0.15, 0.2) is 26.1 Å². The fourth-order valence-electron chi connectivity index (χ4n) is 20.2. The molecule has 7 aromatic rings. The van der Waals surface area contributed by atoms with Gasteiger partial charge in [-0.1, -0.05) is 178 Å². The minimum absolute atomic E-state index is 0.00154. The lowest BCUT2D eigenvalue weighted by atomic mass is 9.73. The van der Waals surface area contributed by atoms with Crippen LogP contribution in [0, 0.1) is 59.2 Å². The lowest BCUT2D eigenvalue weighted by Crippen LogP contribution is -2.30. The van der Waals surface area contributed by atoms with E-state index in [1.54, 1.807) is 0 Å². The van der Waals surface area contributed by atoms with Gasteiger partial charge in [0.2, 0.25) is 5.24 Å². The Bertz CT molecular complexity index is 4700. The van der Waals surface area contributed by atoms with Crippen molar-refractivity contribution in [1.29, 1.82) is 0 Å². The molecule has 1 heterocycles. The van der Waals surface area contributed by atoms with Gasteiger partial charge in [-0.2, -0.15) is 0 Å². The normalized spacial score (nSPS) is 22.3. The zero-order chi connectivity index (χ0) is 92.8. The molecule has 2 N–H and O–H groups in total. The smallest absolute Gasteiger partial charge is 0.482 e. The number of carboxylic acid groups (broad SMARTS) is 1. The van der Waals surface area contributed by atoms with Crippen LogP contribution in [0.15, 0.2) is 176 Å². The van der Waals surface area contributed by atoms with Crippen LogP contribution >= 0.6 is 11.6 Å². The highest BCUT2D eigenvalue weighted by molar-refractivity contribution is 6.63. The lowest BCUT2D eigenvalue weighted by Gasteiger charge is -2.34. The van der Waals surface area contributed by atoms with Crippen molar-refractivity contribution < 1.29 is 120 Å². The molecule has 7 aromatic carbocycles. The van der Waals surface area contributed by atoms with Crippen LogP contribution in [0.1, 0.15) is 179 Å². The molecule has 708 valence electrons. The minimum Gasteiger partial charge on any atom is -0.482 e. The summed E-state index contributed by atoms with van der Waals surface area (Å²) in [4.78, 5) is 95.6. The maximum absolute atomic E-state index is 13.2. The molecule has 7 aliphatic rings. The summed E-state index contributed by atoms with van der Waals surface area (Å²) in [6.45, 7) is 7.03. The maximum Gasteiger partial charge on any atom is 0.508 e. The molecule has 26 heteroatoms. The van der Waals surface area contributed by atoms with Gasteiger partial charge >= 0.3 is 42.0 Å². The highest BCUT2D eigenvalue weighted by atomic mass is 35.5. The molecule has 16 atom stereocenters. The number of methoxy groups -OCH3 is 3. The number of hydrogen-bond donors (Lipinski definition) is 2. The number of carboxylic acids is 1. The number of aliphatic hydroxyl groups excluding tert-OH is 1. The summed E-state index contributed by atoms with van der Waals surface area (Å²) in [5.74, 6) is 2.42. The van der Waals surface area contributed by atoms with Crippen LogP contribution in [0.3, 0.4) is 0 Å². The molecule has 0 amide bonds. The molecule has 1 saturated heterocycles. The topological polar surface area (TPSA) is 315 Å². The molecule has 1 aliphatic heterocycles. The molecule has 4 fully saturated rings. The minimum atomic E-state index is -0.991. The Labute approximate surface area is 775 Å². The first-order valence-electron chi connectivity index (χ1n) is 46.6. The number of halogens is 1. The molecule has 3 saturated carbocycles. The second-order valence-electron chi connectivity index (χ2n) is 35.2. The van der Waals surface area contributed by atoms with Crippen molar-refractivity contribution in [3.8, 4) is 17.2 Å². The van der Waals surface area contributed by atoms with Crippen molar-refractivity contribution in [3.63, 3.8) is 0 Å². The lowest BCUT2D eigenvalue weighted by molar-refractivity contribution is -0.190. The first-order valence-corrected chi connectivity index (χ1v) is 46.9. The number of carbonyl (C=O) groups is 8. The van der Waals surface area contributed by atoms with E-state index in [-0.39, 0.29) is 150 Å². The number of benzene rings is 7. The summed E-state index contributed by atoms with van der Waals surface area (Å²) in [5, 5.41) is 19.2. The van der Waals surface area contributed by atoms with Gasteiger partial charge in [-0.3, -0.25) is 9.59 Å². The Morgan fingerprint density at radius 2 is 0.824 bits per heavy atom. The van der Waals surface area contributed by atoms with E-state index in [4.69, 9.17) is 83.0 Å². The van der Waals surface area contributed by atoms with Crippen LogP contribution in [0.2, 0.25) is 0 Å². The van der Waals surface area contributed by atoms with Gasteiger partial charge in [-0.15, -0.1) is 0 Å². The molecule has 0 radical (unpaired) electrons. The van der Waals surface area contributed by atoms with Gasteiger partial charge in [-0.25, -0.2) is 28.8 Å². The zero-order valence-electron chi connectivity index (χ0n) is 76.5. The third-order valence-electron chi connectivity index (χ3n) is 26.5. The summed E-state index contributed by atoms with van der Waals surface area (Å²) in [6.07, 6.45) is 16.6. The van der Waals surface area contributed by atoms with Crippen LogP contribution in [0.25, 0.3) is 0 Å². The molecule has 1 unspecified atom stereocenters. The maximum atomic E-state index is 13.2. The van der Waals surface area contributed by atoms with Crippen LogP contribution in [-0.4, -0.2) is 162 Å². The van der Waals surface area contributed by atoms with E-state index in [0.717, 1.165) is 167 Å². The summed E-state index contributed by atoms with van der Waals surface area (Å²) in [7, 11) is 4.35. The van der Waals surface area contributed by atoms with E-state index in [0.29, 0.717) is 73.4 Å². The Hall–Kier alpha value is -10.3. The molecule has 14 rings (SSSR count). The predicted molar refractivity (Wildman–Crippen MR) is 489 cm³/mol.